The van der Waals surface area contributed by atoms with E-state index in [1.54, 1.807) is 6.92 Å². The number of benzene rings is 2. The second-order valence-electron chi connectivity index (χ2n) is 5.28. The summed E-state index contributed by atoms with van der Waals surface area (Å²) in [4.78, 5) is 12.5. The fraction of sp³-hybridized carbons (Fsp3) is 0.188. The number of Topliss-reactive ketones (excluding diaryl/α,β-unsaturated/α-hetero) is 1. The predicted molar refractivity (Wildman–Crippen MR) is 76.4 cm³/mol. The number of phenols is 4. The lowest BCUT2D eigenvalue weighted by Gasteiger charge is -2.31. The van der Waals surface area contributed by atoms with Gasteiger partial charge in [-0.3, -0.25) is 4.79 Å². The van der Waals surface area contributed by atoms with Crippen LogP contribution in [-0.4, -0.2) is 26.2 Å². The van der Waals surface area contributed by atoms with Crippen molar-refractivity contribution in [1.82, 2.24) is 0 Å². The number of aromatic hydroxyl groups is 4. The Kier molecular flexibility index (Phi) is 3.09. The molecule has 2 aromatic carbocycles. The van der Waals surface area contributed by atoms with Gasteiger partial charge in [0.25, 0.3) is 0 Å². The number of hydrogen-bond donors (Lipinski definition) is 4. The van der Waals surface area contributed by atoms with Crippen molar-refractivity contribution >= 4 is 5.78 Å². The van der Waals surface area contributed by atoms with Crippen LogP contribution in [0.2, 0.25) is 0 Å². The molecule has 1 heterocycles. The summed E-state index contributed by atoms with van der Waals surface area (Å²) < 4.78 is 5.72. The second-order valence-corrected chi connectivity index (χ2v) is 5.28. The van der Waals surface area contributed by atoms with Gasteiger partial charge in [0.2, 0.25) is 0 Å². The zero-order chi connectivity index (χ0) is 16.0. The number of ether oxygens (including phenoxy) is 1. The quantitative estimate of drug-likeness (QED) is 0.603. The average molecular weight is 302 g/mol. The molecule has 1 aliphatic rings. The second kappa shape index (κ2) is 4.84. The molecule has 6 heteroatoms. The van der Waals surface area contributed by atoms with Crippen LogP contribution in [-0.2, 0) is 0 Å². The van der Waals surface area contributed by atoms with E-state index >= 15 is 0 Å². The molecule has 2 aromatic rings. The van der Waals surface area contributed by atoms with Gasteiger partial charge < -0.3 is 25.2 Å². The Balaban J connectivity index is 2.08. The first-order chi connectivity index (χ1) is 10.4. The van der Waals surface area contributed by atoms with Crippen molar-refractivity contribution in [2.75, 3.05) is 0 Å². The fourth-order valence-electron chi connectivity index (χ4n) is 2.61. The Bertz CT molecular complexity index is 767. The summed E-state index contributed by atoms with van der Waals surface area (Å²) >= 11 is 0. The van der Waals surface area contributed by atoms with Gasteiger partial charge in [0.1, 0.15) is 28.9 Å². The Labute approximate surface area is 125 Å². The highest BCUT2D eigenvalue weighted by Gasteiger charge is 2.37. The molecule has 114 valence electrons. The van der Waals surface area contributed by atoms with Gasteiger partial charge in [0.05, 0.1) is 5.92 Å². The molecular weight excluding hydrogens is 288 g/mol. The van der Waals surface area contributed by atoms with Gasteiger partial charge in [0.15, 0.2) is 17.3 Å². The molecule has 6 nitrogen and oxygen atoms in total. The van der Waals surface area contributed by atoms with Gasteiger partial charge in [-0.25, -0.2) is 0 Å². The standard InChI is InChI=1S/C16H14O6/c1-7-15(21)14-12(20)5-9(17)6-13(14)22-16(7)8-2-3-10(18)11(19)4-8/h2-7,16-20H,1H3. The van der Waals surface area contributed by atoms with E-state index in [2.05, 4.69) is 0 Å². The summed E-state index contributed by atoms with van der Waals surface area (Å²) in [5.41, 5.74) is 0.536. The summed E-state index contributed by atoms with van der Waals surface area (Å²) in [5, 5.41) is 38.3. The minimum absolute atomic E-state index is 0.0320. The smallest absolute Gasteiger partial charge is 0.177 e. The number of carbonyl (C=O) groups is 1. The van der Waals surface area contributed by atoms with E-state index in [1.165, 1.54) is 24.3 Å². The van der Waals surface area contributed by atoms with E-state index in [0.29, 0.717) is 5.56 Å². The highest BCUT2D eigenvalue weighted by molar-refractivity contribution is 6.04. The van der Waals surface area contributed by atoms with E-state index in [4.69, 9.17) is 4.74 Å². The minimum atomic E-state index is -0.701. The monoisotopic (exact) mass is 302 g/mol. The van der Waals surface area contributed by atoms with Crippen LogP contribution in [0.3, 0.4) is 0 Å². The van der Waals surface area contributed by atoms with Crippen molar-refractivity contribution in [3.8, 4) is 28.7 Å². The molecule has 4 N–H and O–H groups in total. The third-order valence-corrected chi connectivity index (χ3v) is 3.76. The van der Waals surface area contributed by atoms with Crippen molar-refractivity contribution < 1.29 is 30.0 Å². The van der Waals surface area contributed by atoms with E-state index in [-0.39, 0.29) is 40.1 Å². The number of carbonyl (C=O) groups excluding carboxylic acids is 1. The molecule has 0 radical (unpaired) electrons. The summed E-state index contributed by atoms with van der Waals surface area (Å²) in [7, 11) is 0. The fourth-order valence-corrected chi connectivity index (χ4v) is 2.61. The molecule has 2 atom stereocenters. The van der Waals surface area contributed by atoms with Crippen molar-refractivity contribution in [2.24, 2.45) is 5.92 Å². The zero-order valence-electron chi connectivity index (χ0n) is 11.6. The summed E-state index contributed by atoms with van der Waals surface area (Å²) in [6.45, 7) is 1.64. The summed E-state index contributed by atoms with van der Waals surface area (Å²) in [5.74, 6) is -1.98. The number of ketones is 1. The van der Waals surface area contributed by atoms with E-state index < -0.39 is 12.0 Å². The van der Waals surface area contributed by atoms with Crippen LogP contribution in [0.15, 0.2) is 30.3 Å². The molecule has 0 aromatic heterocycles. The Hall–Kier alpha value is -2.89. The van der Waals surface area contributed by atoms with Crippen LogP contribution in [0, 0.1) is 5.92 Å². The Morgan fingerprint density at radius 1 is 0.955 bits per heavy atom. The van der Waals surface area contributed by atoms with Gasteiger partial charge >= 0.3 is 0 Å². The van der Waals surface area contributed by atoms with Gasteiger partial charge in [0, 0.05) is 12.1 Å². The summed E-state index contributed by atoms with van der Waals surface area (Å²) in [6.07, 6.45) is -0.701. The molecule has 0 saturated heterocycles. The van der Waals surface area contributed by atoms with Gasteiger partial charge in [-0.15, -0.1) is 0 Å². The number of phenolic OH excluding ortho intramolecular Hbond substituents is 4. The van der Waals surface area contributed by atoms with Crippen molar-refractivity contribution in [2.45, 2.75) is 13.0 Å². The normalized spacial score (nSPS) is 20.3. The van der Waals surface area contributed by atoms with Gasteiger partial charge in [-0.1, -0.05) is 13.0 Å². The summed E-state index contributed by atoms with van der Waals surface area (Å²) in [6, 6.07) is 6.50. The molecular formula is C16H14O6. The van der Waals surface area contributed by atoms with Crippen LogP contribution in [0.1, 0.15) is 28.9 Å². The molecule has 22 heavy (non-hydrogen) atoms. The SMILES string of the molecule is CC1C(=O)c2c(O)cc(O)cc2OC1c1ccc(O)c(O)c1. The lowest BCUT2D eigenvalue weighted by Crippen LogP contribution is -2.29. The molecule has 2 unspecified atom stereocenters. The van der Waals surface area contributed by atoms with Crippen molar-refractivity contribution in [3.63, 3.8) is 0 Å². The number of rotatable bonds is 1. The first-order valence-corrected chi connectivity index (χ1v) is 6.67. The number of hydrogen-bond acceptors (Lipinski definition) is 6. The average Bonchev–Trinajstić information content (AvgIpc) is 2.45. The third-order valence-electron chi connectivity index (χ3n) is 3.76. The lowest BCUT2D eigenvalue weighted by atomic mass is 9.86. The maximum atomic E-state index is 12.5. The van der Waals surface area contributed by atoms with Crippen LogP contribution < -0.4 is 4.74 Å². The molecule has 0 saturated carbocycles. The van der Waals surface area contributed by atoms with Gasteiger partial charge in [-0.05, 0) is 17.7 Å². The van der Waals surface area contributed by atoms with E-state index in [9.17, 15) is 25.2 Å². The zero-order valence-corrected chi connectivity index (χ0v) is 11.6. The minimum Gasteiger partial charge on any atom is -0.508 e. The largest absolute Gasteiger partial charge is 0.508 e. The first kappa shape index (κ1) is 14.1. The Morgan fingerprint density at radius 3 is 2.36 bits per heavy atom. The predicted octanol–water partition coefficient (Wildman–Crippen LogP) is 2.46. The topological polar surface area (TPSA) is 107 Å². The van der Waals surface area contributed by atoms with Crippen LogP contribution >= 0.6 is 0 Å². The van der Waals surface area contributed by atoms with Gasteiger partial charge in [-0.2, -0.15) is 0 Å². The molecule has 0 aliphatic carbocycles. The van der Waals surface area contributed by atoms with Crippen molar-refractivity contribution in [3.05, 3.63) is 41.5 Å². The molecule has 0 bridgehead atoms. The molecule has 0 amide bonds. The third kappa shape index (κ3) is 2.09. The van der Waals surface area contributed by atoms with Crippen LogP contribution in [0.25, 0.3) is 0 Å². The first-order valence-electron chi connectivity index (χ1n) is 6.67. The highest BCUT2D eigenvalue weighted by Crippen LogP contribution is 2.44. The highest BCUT2D eigenvalue weighted by atomic mass is 16.5. The molecule has 0 fully saturated rings. The lowest BCUT2D eigenvalue weighted by molar-refractivity contribution is 0.0683. The molecule has 0 spiro atoms. The maximum absolute atomic E-state index is 12.5. The molecule has 1 aliphatic heterocycles. The maximum Gasteiger partial charge on any atom is 0.177 e. The van der Waals surface area contributed by atoms with Crippen molar-refractivity contribution in [1.29, 1.82) is 0 Å². The Morgan fingerprint density at radius 2 is 1.68 bits per heavy atom. The van der Waals surface area contributed by atoms with E-state index in [0.717, 1.165) is 6.07 Å². The molecule has 3 rings (SSSR count). The van der Waals surface area contributed by atoms with Crippen LogP contribution in [0.4, 0.5) is 0 Å². The number of fused-ring (bicyclic) bond motifs is 1. The van der Waals surface area contributed by atoms with E-state index in [1.807, 2.05) is 0 Å². The van der Waals surface area contributed by atoms with Crippen LogP contribution in [0.5, 0.6) is 28.7 Å².